The molecule has 5 heteroatoms. The molecule has 1 N–H and O–H groups in total. The van der Waals surface area contributed by atoms with E-state index in [-0.39, 0.29) is 18.0 Å². The molecule has 3 fully saturated rings. The molecule has 2 aromatic rings. The summed E-state index contributed by atoms with van der Waals surface area (Å²) in [7, 11) is 0. The average molecular weight is 431 g/mol. The SMILES string of the molecule is O=C1C[C@]2(Cc3c(Cc4ccc(C5CCC5)cc4)cccc32)NC(=O)N1C1CCOCC1. The molecule has 3 amide bonds. The smallest absolute Gasteiger partial charge is 0.325 e. The Labute approximate surface area is 189 Å². The number of nitrogens with zero attached hydrogens (tertiary/aromatic N) is 1. The number of imide groups is 1. The number of ether oxygens (including phenoxy) is 1. The molecular weight excluding hydrogens is 400 g/mol. The minimum absolute atomic E-state index is 0.0395. The number of carbonyl (C=O) groups excluding carboxylic acids is 2. The third kappa shape index (κ3) is 3.25. The van der Waals surface area contributed by atoms with Crippen LogP contribution in [0.4, 0.5) is 4.79 Å². The molecule has 32 heavy (non-hydrogen) atoms. The molecule has 2 heterocycles. The van der Waals surface area contributed by atoms with E-state index in [4.69, 9.17) is 4.74 Å². The first-order valence-electron chi connectivity index (χ1n) is 12.0. The van der Waals surface area contributed by atoms with Crippen LogP contribution in [0.1, 0.15) is 72.3 Å². The lowest BCUT2D eigenvalue weighted by atomic mass is 9.65. The van der Waals surface area contributed by atoms with Crippen LogP contribution in [0.3, 0.4) is 0 Å². The second kappa shape index (κ2) is 7.73. The Kier molecular flexibility index (Phi) is 4.83. The highest BCUT2D eigenvalue weighted by molar-refractivity contribution is 5.99. The number of amides is 3. The molecule has 2 aromatic carbocycles. The van der Waals surface area contributed by atoms with E-state index in [0.717, 1.165) is 37.2 Å². The van der Waals surface area contributed by atoms with E-state index in [1.807, 2.05) is 0 Å². The van der Waals surface area contributed by atoms with Crippen molar-refractivity contribution in [1.29, 1.82) is 0 Å². The fourth-order valence-corrected chi connectivity index (χ4v) is 5.96. The van der Waals surface area contributed by atoms with E-state index >= 15 is 0 Å². The normalized spacial score (nSPS) is 25.8. The highest BCUT2D eigenvalue weighted by atomic mass is 16.5. The second-order valence-corrected chi connectivity index (χ2v) is 9.96. The summed E-state index contributed by atoms with van der Waals surface area (Å²) in [5, 5.41) is 3.21. The standard InChI is InChI=1S/C27H30N2O3/c30-25-17-27(28-26(31)29(25)22-11-13-32-14-12-22)16-23-21(5-2-6-24(23)27)15-18-7-9-20(10-8-18)19-3-1-4-19/h2,5-10,19,22H,1,3-4,11-17H2,(H,28,31)/t27-/m0/s1. The van der Waals surface area contributed by atoms with E-state index < -0.39 is 5.54 Å². The molecule has 6 rings (SSSR count). The monoisotopic (exact) mass is 430 g/mol. The summed E-state index contributed by atoms with van der Waals surface area (Å²) in [6.45, 7) is 1.22. The average Bonchev–Trinajstić information content (AvgIpc) is 2.75. The van der Waals surface area contributed by atoms with Gasteiger partial charge in [0.15, 0.2) is 0 Å². The Bertz CT molecular complexity index is 1030. The van der Waals surface area contributed by atoms with Crippen LogP contribution in [0.2, 0.25) is 0 Å². The number of nitrogens with one attached hydrogen (secondary N) is 1. The summed E-state index contributed by atoms with van der Waals surface area (Å²) in [5.41, 5.74) is 5.97. The zero-order valence-corrected chi connectivity index (χ0v) is 18.4. The van der Waals surface area contributed by atoms with E-state index in [1.54, 1.807) is 0 Å². The molecular formula is C27H30N2O3. The number of fused-ring (bicyclic) bond motifs is 2. The number of benzene rings is 2. The van der Waals surface area contributed by atoms with Crippen LogP contribution in [0.15, 0.2) is 42.5 Å². The Morgan fingerprint density at radius 2 is 1.75 bits per heavy atom. The van der Waals surface area contributed by atoms with Crippen molar-refractivity contribution in [2.24, 2.45) is 0 Å². The van der Waals surface area contributed by atoms with Gasteiger partial charge < -0.3 is 10.1 Å². The highest BCUT2D eigenvalue weighted by Gasteiger charge is 2.52. The Balaban J connectivity index is 1.19. The van der Waals surface area contributed by atoms with Gasteiger partial charge in [0.1, 0.15) is 0 Å². The molecule has 0 radical (unpaired) electrons. The second-order valence-electron chi connectivity index (χ2n) is 9.96. The van der Waals surface area contributed by atoms with Gasteiger partial charge >= 0.3 is 6.03 Å². The predicted octanol–water partition coefficient (Wildman–Crippen LogP) is 4.42. The van der Waals surface area contributed by atoms with Gasteiger partial charge in [-0.2, -0.15) is 0 Å². The van der Waals surface area contributed by atoms with Crippen molar-refractivity contribution in [1.82, 2.24) is 10.2 Å². The van der Waals surface area contributed by atoms with E-state index in [1.165, 1.54) is 46.4 Å². The molecule has 1 spiro atoms. The zero-order chi connectivity index (χ0) is 21.7. The number of carbonyl (C=O) groups is 2. The highest BCUT2D eigenvalue weighted by Crippen LogP contribution is 2.46. The first-order valence-corrected chi connectivity index (χ1v) is 12.0. The van der Waals surface area contributed by atoms with Gasteiger partial charge in [0.2, 0.25) is 5.91 Å². The Hall–Kier alpha value is -2.66. The molecule has 166 valence electrons. The molecule has 2 saturated heterocycles. The minimum Gasteiger partial charge on any atom is -0.381 e. The van der Waals surface area contributed by atoms with Crippen LogP contribution >= 0.6 is 0 Å². The lowest BCUT2D eigenvalue weighted by Crippen LogP contribution is -2.66. The number of hydrogen-bond donors (Lipinski definition) is 1. The van der Waals surface area contributed by atoms with Crippen LogP contribution in [0, 0.1) is 0 Å². The third-order valence-electron chi connectivity index (χ3n) is 8.06. The lowest BCUT2D eigenvalue weighted by molar-refractivity contribution is -0.136. The van der Waals surface area contributed by atoms with Crippen LogP contribution in [0.25, 0.3) is 0 Å². The summed E-state index contributed by atoms with van der Waals surface area (Å²) >= 11 is 0. The number of hydrogen-bond acceptors (Lipinski definition) is 3. The van der Waals surface area contributed by atoms with Crippen molar-refractivity contribution >= 4 is 11.9 Å². The van der Waals surface area contributed by atoms with E-state index in [2.05, 4.69) is 47.8 Å². The summed E-state index contributed by atoms with van der Waals surface area (Å²) in [5.74, 6) is 0.707. The summed E-state index contributed by atoms with van der Waals surface area (Å²) in [6, 6.07) is 15.2. The van der Waals surface area contributed by atoms with Gasteiger partial charge in [0.05, 0.1) is 12.0 Å². The zero-order valence-electron chi connectivity index (χ0n) is 18.4. The molecule has 2 aliphatic heterocycles. The maximum Gasteiger partial charge on any atom is 0.325 e. The minimum atomic E-state index is -0.532. The maximum atomic E-state index is 13.0. The Morgan fingerprint density at radius 3 is 2.44 bits per heavy atom. The van der Waals surface area contributed by atoms with Crippen LogP contribution in [-0.4, -0.2) is 36.1 Å². The summed E-state index contributed by atoms with van der Waals surface area (Å²) < 4.78 is 5.40. The predicted molar refractivity (Wildman–Crippen MR) is 121 cm³/mol. The van der Waals surface area contributed by atoms with Gasteiger partial charge in [-0.1, -0.05) is 48.9 Å². The molecule has 5 nitrogen and oxygen atoms in total. The van der Waals surface area contributed by atoms with Crippen molar-refractivity contribution in [3.8, 4) is 0 Å². The van der Waals surface area contributed by atoms with Crippen molar-refractivity contribution in [2.75, 3.05) is 13.2 Å². The first-order chi connectivity index (χ1) is 15.6. The van der Waals surface area contributed by atoms with Crippen molar-refractivity contribution < 1.29 is 14.3 Å². The molecule has 1 atom stereocenters. The summed E-state index contributed by atoms with van der Waals surface area (Å²) in [6.07, 6.45) is 7.43. The number of urea groups is 1. The fraction of sp³-hybridized carbons (Fsp3) is 0.481. The molecule has 2 aliphatic carbocycles. The fourth-order valence-electron chi connectivity index (χ4n) is 5.96. The molecule has 0 unspecified atom stereocenters. The quantitative estimate of drug-likeness (QED) is 0.781. The van der Waals surface area contributed by atoms with Crippen LogP contribution in [0.5, 0.6) is 0 Å². The molecule has 4 aliphatic rings. The summed E-state index contributed by atoms with van der Waals surface area (Å²) in [4.78, 5) is 27.5. The third-order valence-corrected chi connectivity index (χ3v) is 8.06. The molecule has 0 aromatic heterocycles. The van der Waals surface area contributed by atoms with Crippen LogP contribution < -0.4 is 5.32 Å². The van der Waals surface area contributed by atoms with Gasteiger partial charge in [-0.15, -0.1) is 0 Å². The van der Waals surface area contributed by atoms with Crippen LogP contribution in [-0.2, 0) is 27.9 Å². The van der Waals surface area contributed by atoms with E-state index in [9.17, 15) is 9.59 Å². The largest absolute Gasteiger partial charge is 0.381 e. The van der Waals surface area contributed by atoms with Crippen molar-refractivity contribution in [3.63, 3.8) is 0 Å². The van der Waals surface area contributed by atoms with Crippen molar-refractivity contribution in [3.05, 3.63) is 70.3 Å². The van der Waals surface area contributed by atoms with Gasteiger partial charge in [-0.05, 0) is 65.8 Å². The first kappa shape index (κ1) is 20.0. The topological polar surface area (TPSA) is 58.6 Å². The van der Waals surface area contributed by atoms with Crippen molar-refractivity contribution in [2.45, 2.75) is 68.9 Å². The Morgan fingerprint density at radius 1 is 0.969 bits per heavy atom. The van der Waals surface area contributed by atoms with E-state index in [0.29, 0.717) is 19.6 Å². The van der Waals surface area contributed by atoms with Gasteiger partial charge in [0, 0.05) is 25.7 Å². The number of rotatable bonds is 4. The molecule has 0 bridgehead atoms. The van der Waals surface area contributed by atoms with Gasteiger partial charge in [0.25, 0.3) is 0 Å². The molecule has 1 saturated carbocycles. The lowest BCUT2D eigenvalue weighted by Gasteiger charge is -2.50. The van der Waals surface area contributed by atoms with Gasteiger partial charge in [-0.3, -0.25) is 9.69 Å². The maximum absolute atomic E-state index is 13.0. The van der Waals surface area contributed by atoms with Gasteiger partial charge in [-0.25, -0.2) is 4.79 Å².